The Hall–Kier alpha value is -1.31. The molecule has 0 radical (unpaired) electrons. The number of carbonyl (C=O) groups excluding carboxylic acids is 1. The zero-order chi connectivity index (χ0) is 24.8. The lowest BCUT2D eigenvalue weighted by Gasteiger charge is -2.59. The molecule has 0 aromatic carbocycles. The Kier molecular flexibility index (Phi) is 7.14. The molecule has 4 aliphatic carbocycles. The fourth-order valence-electron chi connectivity index (χ4n) is 9.88. The molecule has 0 spiro atoms. The fraction of sp³-hybridized carbons (Fsp3) is 0.788. The van der Waals surface area contributed by atoms with Gasteiger partial charge in [0.2, 0.25) is 0 Å². The third-order valence-corrected chi connectivity index (χ3v) is 11.8. The zero-order valence-corrected chi connectivity index (χ0v) is 23.2. The van der Waals surface area contributed by atoms with Crippen molar-refractivity contribution in [3.8, 4) is 0 Å². The lowest BCUT2D eigenvalue weighted by Crippen LogP contribution is -2.52. The third kappa shape index (κ3) is 4.61. The molecule has 4 saturated carbocycles. The first-order valence-corrected chi connectivity index (χ1v) is 15.0. The van der Waals surface area contributed by atoms with E-state index in [2.05, 4.69) is 34.6 Å². The van der Waals surface area contributed by atoms with E-state index in [1.807, 2.05) is 18.2 Å². The van der Waals surface area contributed by atoms with Crippen LogP contribution in [0.3, 0.4) is 0 Å². The molecular formula is C33H50O2. The van der Waals surface area contributed by atoms with Crippen LogP contribution in [0.2, 0.25) is 0 Å². The number of furan rings is 1. The Morgan fingerprint density at radius 1 is 1.00 bits per heavy atom. The van der Waals surface area contributed by atoms with E-state index in [0.717, 1.165) is 59.7 Å². The number of carbonyl (C=O) groups is 1. The van der Waals surface area contributed by atoms with E-state index in [1.165, 1.54) is 64.2 Å². The Morgan fingerprint density at radius 2 is 1.80 bits per heavy atom. The maximum Gasteiger partial charge on any atom is 0.159 e. The summed E-state index contributed by atoms with van der Waals surface area (Å²) in [6, 6.07) is 3.89. The molecule has 0 bridgehead atoms. The van der Waals surface area contributed by atoms with Gasteiger partial charge in [-0.3, -0.25) is 4.79 Å². The van der Waals surface area contributed by atoms with Crippen LogP contribution in [0.5, 0.6) is 0 Å². The quantitative estimate of drug-likeness (QED) is 0.381. The van der Waals surface area contributed by atoms with Gasteiger partial charge in [0.1, 0.15) is 5.76 Å². The van der Waals surface area contributed by atoms with Crippen molar-refractivity contribution in [3.63, 3.8) is 0 Å². The van der Waals surface area contributed by atoms with Gasteiger partial charge in [-0.1, -0.05) is 53.9 Å². The standard InChI is InChI=1S/C33H50O2/c1-22(2)8-6-9-23(3)28-13-14-29-27-12-11-25-21-31(34)24(20-26-10-7-19-35-26)15-17-32(25,4)30(27)16-18-33(28,29)5/h7,10,19-20,22-23,25,27-30H,6,8-9,11-18,21H2,1-5H3/b24-20+/t23-,25+,27-,28+,29-,30-,32+,33-/m1/s1. The smallest absolute Gasteiger partial charge is 0.159 e. The summed E-state index contributed by atoms with van der Waals surface area (Å²) in [5, 5.41) is 0. The highest BCUT2D eigenvalue weighted by Crippen LogP contribution is 2.68. The monoisotopic (exact) mass is 478 g/mol. The number of rotatable bonds is 6. The molecule has 1 aromatic rings. The maximum atomic E-state index is 13.3. The zero-order valence-electron chi connectivity index (χ0n) is 23.2. The van der Waals surface area contributed by atoms with Crippen LogP contribution in [0.15, 0.2) is 28.4 Å². The van der Waals surface area contributed by atoms with Crippen LogP contribution in [0.25, 0.3) is 6.08 Å². The molecule has 2 nitrogen and oxygen atoms in total. The molecule has 35 heavy (non-hydrogen) atoms. The van der Waals surface area contributed by atoms with Crippen LogP contribution >= 0.6 is 0 Å². The van der Waals surface area contributed by atoms with Crippen molar-refractivity contribution in [2.45, 2.75) is 112 Å². The molecule has 0 N–H and O–H groups in total. The minimum Gasteiger partial charge on any atom is -0.465 e. The van der Waals surface area contributed by atoms with Crippen LogP contribution in [-0.4, -0.2) is 5.78 Å². The highest BCUT2D eigenvalue weighted by atomic mass is 16.3. The van der Waals surface area contributed by atoms with Crippen LogP contribution in [-0.2, 0) is 4.79 Å². The average Bonchev–Trinajstić information content (AvgIpc) is 3.42. The summed E-state index contributed by atoms with van der Waals surface area (Å²) in [4.78, 5) is 13.3. The van der Waals surface area contributed by atoms with E-state index >= 15 is 0 Å². The predicted molar refractivity (Wildman–Crippen MR) is 145 cm³/mol. The number of allylic oxidation sites excluding steroid dienone is 1. The Morgan fingerprint density at radius 3 is 2.54 bits per heavy atom. The molecule has 0 amide bonds. The molecule has 194 valence electrons. The van der Waals surface area contributed by atoms with Gasteiger partial charge in [0.15, 0.2) is 5.78 Å². The molecular weight excluding hydrogens is 428 g/mol. The molecule has 0 aliphatic heterocycles. The molecule has 4 fully saturated rings. The van der Waals surface area contributed by atoms with Gasteiger partial charge >= 0.3 is 0 Å². The van der Waals surface area contributed by atoms with Gasteiger partial charge in [-0.2, -0.15) is 0 Å². The van der Waals surface area contributed by atoms with E-state index in [4.69, 9.17) is 4.42 Å². The van der Waals surface area contributed by atoms with Crippen molar-refractivity contribution in [2.24, 2.45) is 52.3 Å². The minimum atomic E-state index is 0.319. The summed E-state index contributed by atoms with van der Waals surface area (Å²) in [6.07, 6.45) is 19.2. The normalized spacial score (nSPS) is 41.4. The molecule has 0 unspecified atom stereocenters. The maximum absolute atomic E-state index is 13.3. The van der Waals surface area contributed by atoms with Crippen LogP contribution in [0.4, 0.5) is 0 Å². The van der Waals surface area contributed by atoms with Crippen molar-refractivity contribution in [1.82, 2.24) is 0 Å². The minimum absolute atomic E-state index is 0.319. The molecule has 0 saturated heterocycles. The Labute approximate surface area is 214 Å². The Balaban J connectivity index is 1.31. The van der Waals surface area contributed by atoms with Gasteiger partial charge in [-0.15, -0.1) is 0 Å². The summed E-state index contributed by atoms with van der Waals surface area (Å²) >= 11 is 0. The van der Waals surface area contributed by atoms with Crippen molar-refractivity contribution in [3.05, 3.63) is 29.7 Å². The summed E-state index contributed by atoms with van der Waals surface area (Å²) in [7, 11) is 0. The second-order valence-electron chi connectivity index (χ2n) is 14.0. The van der Waals surface area contributed by atoms with Gasteiger partial charge in [0.25, 0.3) is 0 Å². The molecule has 1 aromatic heterocycles. The average molecular weight is 479 g/mol. The SMILES string of the molecule is CC(C)CCC[C@@H](C)[C@@H]1CC[C@@H]2[C@H]3CC[C@H]4CC(=O)/C(=C/c5ccco5)CC[C@]4(C)[C@@H]3CC[C@@]21C. The molecule has 5 rings (SSSR count). The number of hydrogen-bond acceptors (Lipinski definition) is 2. The first-order valence-electron chi connectivity index (χ1n) is 15.0. The highest BCUT2D eigenvalue weighted by Gasteiger charge is 2.60. The first kappa shape index (κ1) is 25.3. The summed E-state index contributed by atoms with van der Waals surface area (Å²) in [5.74, 6) is 7.00. The number of hydrogen-bond donors (Lipinski definition) is 0. The van der Waals surface area contributed by atoms with Crippen molar-refractivity contribution >= 4 is 11.9 Å². The third-order valence-electron chi connectivity index (χ3n) is 11.8. The van der Waals surface area contributed by atoms with Crippen LogP contribution < -0.4 is 0 Å². The van der Waals surface area contributed by atoms with Crippen LogP contribution in [0.1, 0.15) is 117 Å². The lowest BCUT2D eigenvalue weighted by molar-refractivity contribution is -0.123. The lowest BCUT2D eigenvalue weighted by atomic mass is 9.46. The van der Waals surface area contributed by atoms with Gasteiger partial charge in [0, 0.05) is 6.42 Å². The molecule has 2 heteroatoms. The second-order valence-corrected chi connectivity index (χ2v) is 14.0. The second kappa shape index (κ2) is 9.86. The van der Waals surface area contributed by atoms with E-state index in [0.29, 0.717) is 22.5 Å². The van der Waals surface area contributed by atoms with Gasteiger partial charge in [-0.25, -0.2) is 0 Å². The summed E-state index contributed by atoms with van der Waals surface area (Å²) < 4.78 is 5.55. The summed E-state index contributed by atoms with van der Waals surface area (Å²) in [6.45, 7) is 12.6. The van der Waals surface area contributed by atoms with Crippen molar-refractivity contribution in [2.75, 3.05) is 0 Å². The van der Waals surface area contributed by atoms with Gasteiger partial charge in [-0.05, 0) is 127 Å². The Bertz CT molecular complexity index is 910. The predicted octanol–water partition coefficient (Wildman–Crippen LogP) is 9.35. The van der Waals surface area contributed by atoms with E-state index < -0.39 is 0 Å². The highest BCUT2D eigenvalue weighted by molar-refractivity contribution is 5.99. The fourth-order valence-corrected chi connectivity index (χ4v) is 9.88. The van der Waals surface area contributed by atoms with Gasteiger partial charge < -0.3 is 4.42 Å². The van der Waals surface area contributed by atoms with E-state index in [9.17, 15) is 4.79 Å². The number of Topliss-reactive ketones (excluding diaryl/α,β-unsaturated/α-hetero) is 1. The largest absolute Gasteiger partial charge is 0.465 e. The topological polar surface area (TPSA) is 30.2 Å². The van der Waals surface area contributed by atoms with Gasteiger partial charge in [0.05, 0.1) is 6.26 Å². The summed E-state index contributed by atoms with van der Waals surface area (Å²) in [5.41, 5.74) is 1.87. The number of ketones is 1. The molecule has 4 aliphatic rings. The van der Waals surface area contributed by atoms with E-state index in [1.54, 1.807) is 6.26 Å². The number of fused-ring (bicyclic) bond motifs is 5. The molecule has 1 heterocycles. The van der Waals surface area contributed by atoms with Crippen LogP contribution in [0, 0.1) is 52.3 Å². The van der Waals surface area contributed by atoms with Crippen molar-refractivity contribution < 1.29 is 9.21 Å². The van der Waals surface area contributed by atoms with Crippen molar-refractivity contribution in [1.29, 1.82) is 0 Å². The molecule has 8 atom stereocenters. The van der Waals surface area contributed by atoms with E-state index in [-0.39, 0.29) is 0 Å². The first-order chi connectivity index (χ1) is 16.7.